The van der Waals surface area contributed by atoms with Crippen LogP contribution in [-0.4, -0.2) is 41.6 Å². The van der Waals surface area contributed by atoms with Gasteiger partial charge < -0.3 is 14.5 Å². The van der Waals surface area contributed by atoms with Crippen LogP contribution in [0.3, 0.4) is 0 Å². The van der Waals surface area contributed by atoms with E-state index >= 15 is 0 Å². The number of hydrogen-bond acceptors (Lipinski definition) is 6. The molecule has 1 heterocycles. The van der Waals surface area contributed by atoms with E-state index in [1.165, 1.54) is 17.6 Å². The van der Waals surface area contributed by atoms with Crippen LogP contribution in [0.1, 0.15) is 44.5 Å². The predicted octanol–water partition coefficient (Wildman–Crippen LogP) is 5.97. The van der Waals surface area contributed by atoms with Gasteiger partial charge in [-0.15, -0.1) is 0 Å². The molecule has 0 fully saturated rings. The molecule has 152 valence electrons. The lowest BCUT2D eigenvalue weighted by molar-refractivity contribution is 0.00197. The second-order valence-corrected chi connectivity index (χ2v) is 8.96. The monoisotopic (exact) mass is 422 g/mol. The Hall–Kier alpha value is -2.12. The van der Waals surface area contributed by atoms with Gasteiger partial charge in [0.2, 0.25) is 0 Å². The molecule has 0 radical (unpaired) electrons. The molecule has 0 spiro atoms. The van der Waals surface area contributed by atoms with Gasteiger partial charge in [0.1, 0.15) is 21.4 Å². The molecule has 2 rings (SSSR count). The summed E-state index contributed by atoms with van der Waals surface area (Å²) in [5.74, 6) is 0.722. The number of benzene rings is 1. The fourth-order valence-corrected chi connectivity index (χ4v) is 2.93. The van der Waals surface area contributed by atoms with Crippen LogP contribution in [0.25, 0.3) is 0 Å². The van der Waals surface area contributed by atoms with E-state index in [-0.39, 0.29) is 5.60 Å². The molecular weight excluding hydrogens is 396 g/mol. The quantitative estimate of drug-likeness (QED) is 0.313. The summed E-state index contributed by atoms with van der Waals surface area (Å²) in [4.78, 5) is 16.3. The number of rotatable bonds is 7. The molecule has 8 heteroatoms. The summed E-state index contributed by atoms with van der Waals surface area (Å²) in [6, 6.07) is 3.96. The summed E-state index contributed by atoms with van der Waals surface area (Å²) >= 11 is 7.50. The first-order chi connectivity index (χ1) is 13.1. The van der Waals surface area contributed by atoms with Crippen molar-refractivity contribution >= 4 is 41.2 Å². The minimum Gasteiger partial charge on any atom is -0.431 e. The lowest BCUT2D eigenvalue weighted by Gasteiger charge is -2.14. The molecule has 0 aliphatic carbocycles. The van der Waals surface area contributed by atoms with E-state index < -0.39 is 0 Å². The number of aryl methyl sites for hydroxylation is 2. The number of hydrogen-bond donors (Lipinski definition) is 0. The summed E-state index contributed by atoms with van der Waals surface area (Å²) in [5, 5.41) is 4.39. The molecule has 0 aliphatic rings. The number of oxime groups is 1. The Morgan fingerprint density at radius 3 is 2.61 bits per heavy atom. The van der Waals surface area contributed by atoms with Crippen molar-refractivity contribution in [1.29, 1.82) is 0 Å². The number of ether oxygens (including phenoxy) is 1. The van der Waals surface area contributed by atoms with Crippen LogP contribution in [0.15, 0.2) is 22.3 Å². The van der Waals surface area contributed by atoms with Crippen LogP contribution in [-0.2, 0) is 4.84 Å². The van der Waals surface area contributed by atoms with Gasteiger partial charge in [-0.25, -0.2) is 4.99 Å². The Morgan fingerprint density at radius 2 is 1.96 bits per heavy atom. The molecule has 0 saturated carbocycles. The van der Waals surface area contributed by atoms with Crippen LogP contribution in [0, 0.1) is 13.8 Å². The Bertz CT molecular complexity index is 872. The molecule has 2 aromatic rings. The zero-order valence-corrected chi connectivity index (χ0v) is 19.0. The van der Waals surface area contributed by atoms with Crippen molar-refractivity contribution in [3.8, 4) is 10.9 Å². The highest BCUT2D eigenvalue weighted by Crippen LogP contribution is 2.35. The molecule has 1 aromatic heterocycles. The molecule has 6 nitrogen and oxygen atoms in total. The summed E-state index contributed by atoms with van der Waals surface area (Å²) in [7, 11) is 1.99. The lowest BCUT2D eigenvalue weighted by Crippen LogP contribution is -2.15. The fraction of sp³-hybridized carbons (Fsp3) is 0.450. The first-order valence-electron chi connectivity index (χ1n) is 9.00. The Kier molecular flexibility index (Phi) is 7.43. The topological polar surface area (TPSA) is 59.3 Å². The van der Waals surface area contributed by atoms with Gasteiger partial charge in [-0.1, -0.05) is 28.1 Å². The van der Waals surface area contributed by atoms with Crippen molar-refractivity contribution in [2.45, 2.75) is 47.1 Å². The molecular formula is C20H27ClN4O2S. The smallest absolute Gasteiger partial charge is 0.280 e. The van der Waals surface area contributed by atoms with E-state index in [1.807, 2.05) is 65.0 Å². The molecule has 1 aromatic carbocycles. The van der Waals surface area contributed by atoms with Gasteiger partial charge >= 0.3 is 0 Å². The average Bonchev–Trinajstić information content (AvgIpc) is 2.94. The van der Waals surface area contributed by atoms with Crippen molar-refractivity contribution in [3.05, 3.63) is 33.3 Å². The van der Waals surface area contributed by atoms with Crippen LogP contribution in [0.5, 0.6) is 10.9 Å². The van der Waals surface area contributed by atoms with Crippen molar-refractivity contribution in [1.82, 2.24) is 9.88 Å². The van der Waals surface area contributed by atoms with E-state index in [4.69, 9.17) is 21.2 Å². The first kappa shape index (κ1) is 22.2. The normalized spacial score (nSPS) is 12.1. The third kappa shape index (κ3) is 6.49. The maximum absolute atomic E-state index is 6.25. The maximum Gasteiger partial charge on any atom is 0.280 e. The minimum atomic E-state index is -0.372. The summed E-state index contributed by atoms with van der Waals surface area (Å²) in [5.41, 5.74) is 3.04. The van der Waals surface area contributed by atoms with Gasteiger partial charge in [0.15, 0.2) is 0 Å². The number of aliphatic imine (C=N–C) groups is 1. The Labute approximate surface area is 175 Å². The molecule has 28 heavy (non-hydrogen) atoms. The standard InChI is InChI=1S/C20H27ClN4O2S/c1-8-25(7)12-22-15-9-14(3)17(10-13(15)2)26-19-24-16(18(21)28-19)11-23-27-20(4,5)6/h9-12H,8H2,1-7H3/b22-12-,23-11+. The SMILES string of the molecule is CCN(C)/C=N\c1cc(C)c(Oc2nc(/C=N/OC(C)(C)C)c(Cl)s2)cc1C. The second-order valence-electron chi connectivity index (χ2n) is 7.40. The second kappa shape index (κ2) is 9.39. The molecule has 0 saturated heterocycles. The van der Waals surface area contributed by atoms with Crippen LogP contribution in [0.4, 0.5) is 5.69 Å². The van der Waals surface area contributed by atoms with Crippen molar-refractivity contribution in [2.75, 3.05) is 13.6 Å². The van der Waals surface area contributed by atoms with Crippen molar-refractivity contribution < 1.29 is 9.57 Å². The molecule has 0 bridgehead atoms. The number of aromatic nitrogens is 1. The van der Waals surface area contributed by atoms with Crippen molar-refractivity contribution in [3.63, 3.8) is 0 Å². The molecule has 0 amide bonds. The van der Waals surface area contributed by atoms with E-state index in [2.05, 4.69) is 22.1 Å². The summed E-state index contributed by atoms with van der Waals surface area (Å²) < 4.78 is 6.45. The van der Waals surface area contributed by atoms with Crippen molar-refractivity contribution in [2.24, 2.45) is 10.1 Å². The van der Waals surface area contributed by atoms with Crippen LogP contribution in [0.2, 0.25) is 4.34 Å². The molecule has 0 atom stereocenters. The average molecular weight is 423 g/mol. The van der Waals surface area contributed by atoms with Gasteiger partial charge in [0.25, 0.3) is 5.19 Å². The zero-order valence-electron chi connectivity index (χ0n) is 17.4. The zero-order chi connectivity index (χ0) is 20.9. The van der Waals surface area contributed by atoms with E-state index in [0.717, 1.165) is 29.1 Å². The lowest BCUT2D eigenvalue weighted by atomic mass is 10.1. The Morgan fingerprint density at radius 1 is 1.25 bits per heavy atom. The molecule has 0 unspecified atom stereocenters. The minimum absolute atomic E-state index is 0.372. The van der Waals surface area contributed by atoms with Gasteiger partial charge in [0, 0.05) is 13.6 Å². The van der Waals surface area contributed by atoms with E-state index in [0.29, 0.717) is 15.2 Å². The predicted molar refractivity (Wildman–Crippen MR) is 118 cm³/mol. The van der Waals surface area contributed by atoms with E-state index in [1.54, 1.807) is 0 Å². The van der Waals surface area contributed by atoms with Gasteiger partial charge in [-0.05, 0) is 64.8 Å². The number of halogens is 1. The highest BCUT2D eigenvalue weighted by atomic mass is 35.5. The fourth-order valence-electron chi connectivity index (χ4n) is 2.01. The number of thiazole rings is 1. The third-order valence-electron chi connectivity index (χ3n) is 3.68. The van der Waals surface area contributed by atoms with Crippen LogP contribution < -0.4 is 4.74 Å². The third-order valence-corrected chi connectivity index (χ3v) is 4.84. The van der Waals surface area contributed by atoms with Crippen LogP contribution >= 0.6 is 22.9 Å². The van der Waals surface area contributed by atoms with Gasteiger partial charge in [-0.3, -0.25) is 0 Å². The highest BCUT2D eigenvalue weighted by Gasteiger charge is 2.14. The Balaban J connectivity index is 2.17. The highest BCUT2D eigenvalue weighted by molar-refractivity contribution is 7.17. The summed E-state index contributed by atoms with van der Waals surface area (Å²) in [6.45, 7) is 12.7. The van der Waals surface area contributed by atoms with Gasteiger partial charge in [-0.2, -0.15) is 4.98 Å². The van der Waals surface area contributed by atoms with Gasteiger partial charge in [0.05, 0.1) is 18.2 Å². The number of nitrogens with zero attached hydrogens (tertiary/aromatic N) is 4. The summed E-state index contributed by atoms with van der Waals surface area (Å²) in [6.07, 6.45) is 3.32. The maximum atomic E-state index is 6.25. The molecule has 0 N–H and O–H groups in total. The van der Waals surface area contributed by atoms with E-state index in [9.17, 15) is 0 Å². The largest absolute Gasteiger partial charge is 0.431 e. The first-order valence-corrected chi connectivity index (χ1v) is 10.2. The molecule has 0 aliphatic heterocycles.